The molecule has 1 aliphatic rings. The molecule has 0 spiro atoms. The second-order valence-electron chi connectivity index (χ2n) is 8.02. The summed E-state index contributed by atoms with van der Waals surface area (Å²) in [6.07, 6.45) is 2.63. The van der Waals surface area contributed by atoms with Crippen LogP contribution in [0, 0.1) is 11.8 Å². The number of ether oxygens (including phenoxy) is 1. The fourth-order valence-electron chi connectivity index (χ4n) is 3.40. The molecule has 0 aliphatic carbocycles. The Morgan fingerprint density at radius 2 is 1.83 bits per heavy atom. The van der Waals surface area contributed by atoms with E-state index in [-0.39, 0.29) is 36.2 Å². The molecule has 0 aromatic heterocycles. The number of hydrogen-bond acceptors (Lipinski definition) is 4. The molecule has 1 saturated heterocycles. The van der Waals surface area contributed by atoms with E-state index in [2.05, 4.69) is 13.8 Å². The maximum absolute atomic E-state index is 12.6. The van der Waals surface area contributed by atoms with Crippen molar-refractivity contribution in [3.63, 3.8) is 0 Å². The first-order valence-electron chi connectivity index (χ1n) is 10.3. The maximum Gasteiger partial charge on any atom is 0.225 e. The highest BCUT2D eigenvalue weighted by Gasteiger charge is 2.29. The lowest BCUT2D eigenvalue weighted by molar-refractivity contribution is -0.140. The van der Waals surface area contributed by atoms with Gasteiger partial charge in [-0.15, -0.1) is 12.4 Å². The first-order chi connectivity index (χ1) is 13.4. The Labute approximate surface area is 181 Å². The van der Waals surface area contributed by atoms with Crippen LogP contribution in [0.5, 0.6) is 5.75 Å². The normalized spacial score (nSPS) is 15.6. The van der Waals surface area contributed by atoms with Gasteiger partial charge >= 0.3 is 0 Å². The third-order valence-corrected chi connectivity index (χ3v) is 5.56. The quantitative estimate of drug-likeness (QED) is 0.659. The molecule has 0 radical (unpaired) electrons. The minimum absolute atomic E-state index is 0. The van der Waals surface area contributed by atoms with E-state index in [1.807, 2.05) is 42.3 Å². The number of nitrogens with zero attached hydrogens (tertiary/aromatic N) is 2. The molecule has 164 valence electrons. The average Bonchev–Trinajstić information content (AvgIpc) is 2.71. The van der Waals surface area contributed by atoms with Crippen molar-refractivity contribution in [2.75, 3.05) is 33.3 Å². The molecule has 29 heavy (non-hydrogen) atoms. The highest BCUT2D eigenvalue weighted by molar-refractivity contribution is 5.85. The number of carbonyl (C=O) groups is 2. The summed E-state index contributed by atoms with van der Waals surface area (Å²) in [5.41, 5.74) is 6.08. The zero-order valence-electron chi connectivity index (χ0n) is 17.9. The number of amides is 2. The summed E-state index contributed by atoms with van der Waals surface area (Å²) in [4.78, 5) is 28.7. The van der Waals surface area contributed by atoms with Crippen molar-refractivity contribution in [2.45, 2.75) is 45.6 Å². The number of halogens is 1. The van der Waals surface area contributed by atoms with Crippen molar-refractivity contribution in [3.8, 4) is 5.75 Å². The van der Waals surface area contributed by atoms with Gasteiger partial charge in [-0.1, -0.05) is 32.0 Å². The van der Waals surface area contributed by atoms with Gasteiger partial charge in [-0.2, -0.15) is 0 Å². The Morgan fingerprint density at radius 1 is 1.21 bits per heavy atom. The third-order valence-electron chi connectivity index (χ3n) is 5.56. The molecule has 1 aromatic rings. The monoisotopic (exact) mass is 425 g/mol. The second kappa shape index (κ2) is 12.7. The van der Waals surface area contributed by atoms with E-state index in [1.54, 1.807) is 4.90 Å². The van der Waals surface area contributed by atoms with Crippen LogP contribution in [-0.4, -0.2) is 60.9 Å². The molecule has 1 atom stereocenters. The first-order valence-corrected chi connectivity index (χ1v) is 10.3. The highest BCUT2D eigenvalue weighted by atomic mass is 35.5. The van der Waals surface area contributed by atoms with Gasteiger partial charge in [0.25, 0.3) is 0 Å². The molecule has 2 rings (SSSR count). The lowest BCUT2D eigenvalue weighted by Crippen LogP contribution is -2.44. The second-order valence-corrected chi connectivity index (χ2v) is 8.02. The summed E-state index contributed by atoms with van der Waals surface area (Å²) >= 11 is 0. The van der Waals surface area contributed by atoms with Gasteiger partial charge in [0.05, 0.1) is 13.0 Å². The number of rotatable bonds is 9. The lowest BCUT2D eigenvalue weighted by Gasteiger charge is -2.33. The predicted octanol–water partition coefficient (Wildman–Crippen LogP) is 2.95. The molecule has 0 bridgehead atoms. The Balaban J connectivity index is 0.00000420. The molecule has 1 aromatic carbocycles. The number of hydrogen-bond donors (Lipinski definition) is 1. The van der Waals surface area contributed by atoms with E-state index in [0.717, 1.165) is 25.0 Å². The van der Waals surface area contributed by atoms with Gasteiger partial charge in [0, 0.05) is 38.6 Å². The highest BCUT2D eigenvalue weighted by Crippen LogP contribution is 2.20. The number of nitrogens with two attached hydrogens (primary N) is 1. The van der Waals surface area contributed by atoms with Gasteiger partial charge in [-0.05, 0) is 37.3 Å². The van der Waals surface area contributed by atoms with E-state index in [4.69, 9.17) is 10.5 Å². The van der Waals surface area contributed by atoms with Crippen LogP contribution in [0.15, 0.2) is 30.3 Å². The topological polar surface area (TPSA) is 75.9 Å². The predicted molar refractivity (Wildman–Crippen MR) is 118 cm³/mol. The van der Waals surface area contributed by atoms with E-state index in [9.17, 15) is 9.59 Å². The van der Waals surface area contributed by atoms with Gasteiger partial charge in [0.1, 0.15) is 5.75 Å². The Kier molecular flexibility index (Phi) is 11.1. The first kappa shape index (κ1) is 25.2. The van der Waals surface area contributed by atoms with Crippen LogP contribution in [0.4, 0.5) is 0 Å². The van der Waals surface area contributed by atoms with Crippen LogP contribution in [0.2, 0.25) is 0 Å². The molecule has 1 heterocycles. The molecule has 6 nitrogen and oxygen atoms in total. The van der Waals surface area contributed by atoms with Crippen LogP contribution in [0.3, 0.4) is 0 Å². The van der Waals surface area contributed by atoms with Crippen LogP contribution >= 0.6 is 12.4 Å². The SMILES string of the molecule is CC(C)C(N)CCN(C)C(=O)C1CCN(C(=O)CCOc2ccccc2)CC1.Cl. The summed E-state index contributed by atoms with van der Waals surface area (Å²) in [7, 11) is 1.85. The minimum Gasteiger partial charge on any atom is -0.493 e. The molecule has 2 N–H and O–H groups in total. The molecule has 0 saturated carbocycles. The molecule has 1 fully saturated rings. The number of piperidine rings is 1. The van der Waals surface area contributed by atoms with Crippen molar-refractivity contribution in [1.29, 1.82) is 0 Å². The van der Waals surface area contributed by atoms with Crippen LogP contribution in [0.25, 0.3) is 0 Å². The Morgan fingerprint density at radius 3 is 2.41 bits per heavy atom. The molecular formula is C22H36ClN3O3. The van der Waals surface area contributed by atoms with Crippen molar-refractivity contribution in [1.82, 2.24) is 9.80 Å². The summed E-state index contributed by atoms with van der Waals surface area (Å²) in [6, 6.07) is 9.63. The van der Waals surface area contributed by atoms with Gasteiger partial charge < -0.3 is 20.3 Å². The summed E-state index contributed by atoms with van der Waals surface area (Å²) < 4.78 is 5.60. The number of likely N-dealkylation sites (tertiary alicyclic amines) is 1. The molecular weight excluding hydrogens is 390 g/mol. The average molecular weight is 426 g/mol. The van der Waals surface area contributed by atoms with Crippen molar-refractivity contribution >= 4 is 24.2 Å². The summed E-state index contributed by atoms with van der Waals surface area (Å²) in [5, 5.41) is 0. The lowest BCUT2D eigenvalue weighted by atomic mass is 9.94. The fraction of sp³-hybridized carbons (Fsp3) is 0.636. The fourth-order valence-corrected chi connectivity index (χ4v) is 3.40. The smallest absolute Gasteiger partial charge is 0.225 e. The van der Waals surface area contributed by atoms with E-state index in [0.29, 0.717) is 38.6 Å². The summed E-state index contributed by atoms with van der Waals surface area (Å²) in [6.45, 7) is 6.54. The van der Waals surface area contributed by atoms with Crippen molar-refractivity contribution < 1.29 is 14.3 Å². The zero-order chi connectivity index (χ0) is 20.5. The molecule has 7 heteroatoms. The van der Waals surface area contributed by atoms with E-state index in [1.165, 1.54) is 0 Å². The van der Waals surface area contributed by atoms with E-state index >= 15 is 0 Å². The van der Waals surface area contributed by atoms with Crippen molar-refractivity contribution in [2.24, 2.45) is 17.6 Å². The van der Waals surface area contributed by atoms with Crippen molar-refractivity contribution in [3.05, 3.63) is 30.3 Å². The number of carbonyl (C=O) groups excluding carboxylic acids is 2. The molecule has 1 unspecified atom stereocenters. The van der Waals surface area contributed by atoms with Gasteiger partial charge in [0.2, 0.25) is 11.8 Å². The number of para-hydroxylation sites is 1. The van der Waals surface area contributed by atoms with Gasteiger partial charge in [-0.3, -0.25) is 9.59 Å². The minimum atomic E-state index is 0. The molecule has 2 amide bonds. The third kappa shape index (κ3) is 8.23. The standard InChI is InChI=1S/C22H35N3O3.ClH/c1-17(2)20(23)11-13-24(3)22(27)18-9-14-25(15-10-18)21(26)12-16-28-19-7-5-4-6-8-19;/h4-8,17-18,20H,9-16,23H2,1-3H3;1H. The maximum atomic E-state index is 12.6. The van der Waals surface area contributed by atoms with E-state index < -0.39 is 0 Å². The summed E-state index contributed by atoms with van der Waals surface area (Å²) in [5.74, 6) is 1.47. The number of benzene rings is 1. The van der Waals surface area contributed by atoms with Crippen LogP contribution < -0.4 is 10.5 Å². The largest absolute Gasteiger partial charge is 0.493 e. The zero-order valence-corrected chi connectivity index (χ0v) is 18.7. The van der Waals surface area contributed by atoms with Crippen LogP contribution in [-0.2, 0) is 9.59 Å². The van der Waals surface area contributed by atoms with Crippen LogP contribution in [0.1, 0.15) is 39.5 Å². The molecule has 1 aliphatic heterocycles. The van der Waals surface area contributed by atoms with Gasteiger partial charge in [0.15, 0.2) is 0 Å². The Hall–Kier alpha value is -1.79. The van der Waals surface area contributed by atoms with Gasteiger partial charge in [-0.25, -0.2) is 0 Å². The Bertz CT molecular complexity index is 619.